The lowest BCUT2D eigenvalue weighted by atomic mass is 10.2. The second-order valence-corrected chi connectivity index (χ2v) is 9.26. The zero-order valence-corrected chi connectivity index (χ0v) is 19.2. The SMILES string of the molecule is O=C(Cc1csc(-c2ccc(Cl)cc2)n1)N(Cc1nnc(-c2ccccc2Cl)o1)C1CC1. The molecule has 0 atom stereocenters. The van der Waals surface area contributed by atoms with Crippen LogP contribution in [0.5, 0.6) is 0 Å². The minimum Gasteiger partial charge on any atom is -0.419 e. The third-order valence-electron chi connectivity index (χ3n) is 5.16. The molecular weight excluding hydrogens is 467 g/mol. The minimum absolute atomic E-state index is 0.00190. The van der Waals surface area contributed by atoms with Crippen molar-refractivity contribution in [2.75, 3.05) is 0 Å². The van der Waals surface area contributed by atoms with Gasteiger partial charge in [0, 0.05) is 22.0 Å². The van der Waals surface area contributed by atoms with E-state index < -0.39 is 0 Å². The summed E-state index contributed by atoms with van der Waals surface area (Å²) in [5, 5.41) is 12.2. The molecule has 2 aromatic carbocycles. The Morgan fingerprint density at radius 2 is 1.88 bits per heavy atom. The normalized spacial score (nSPS) is 13.3. The van der Waals surface area contributed by atoms with Crippen LogP contribution in [0.4, 0.5) is 0 Å². The van der Waals surface area contributed by atoms with Crippen LogP contribution in [0, 0.1) is 0 Å². The van der Waals surface area contributed by atoms with E-state index in [2.05, 4.69) is 15.2 Å². The maximum absolute atomic E-state index is 13.1. The van der Waals surface area contributed by atoms with Gasteiger partial charge in [0.15, 0.2) is 0 Å². The molecule has 1 saturated carbocycles. The molecule has 0 N–H and O–H groups in total. The summed E-state index contributed by atoms with van der Waals surface area (Å²) in [7, 11) is 0. The molecular formula is C23H18Cl2N4O2S. The van der Waals surface area contributed by atoms with Gasteiger partial charge in [-0.1, -0.05) is 47.5 Å². The standard InChI is InChI=1S/C23H18Cl2N4O2S/c24-15-7-5-14(6-8-15)23-26-16(13-32-23)11-21(30)29(17-9-10-17)12-20-27-28-22(31-20)18-3-1-2-4-19(18)25/h1-8,13,17H,9-12H2. The van der Waals surface area contributed by atoms with Crippen LogP contribution >= 0.6 is 34.5 Å². The van der Waals surface area contributed by atoms with Crippen molar-refractivity contribution < 1.29 is 9.21 Å². The summed E-state index contributed by atoms with van der Waals surface area (Å²) in [5.41, 5.74) is 2.41. The lowest BCUT2D eigenvalue weighted by Gasteiger charge is -2.20. The Kier molecular flexibility index (Phi) is 5.95. The van der Waals surface area contributed by atoms with E-state index in [0.29, 0.717) is 27.4 Å². The summed E-state index contributed by atoms with van der Waals surface area (Å²) in [6.07, 6.45) is 2.18. The van der Waals surface area contributed by atoms with Crippen LogP contribution < -0.4 is 0 Å². The van der Waals surface area contributed by atoms with E-state index >= 15 is 0 Å². The van der Waals surface area contributed by atoms with E-state index in [1.54, 1.807) is 6.07 Å². The molecule has 0 radical (unpaired) electrons. The van der Waals surface area contributed by atoms with Gasteiger partial charge in [-0.2, -0.15) is 0 Å². The van der Waals surface area contributed by atoms with Gasteiger partial charge in [-0.15, -0.1) is 21.5 Å². The topological polar surface area (TPSA) is 72.1 Å². The summed E-state index contributed by atoms with van der Waals surface area (Å²) in [4.78, 5) is 19.5. The first-order chi connectivity index (χ1) is 15.6. The van der Waals surface area contributed by atoms with Crippen molar-refractivity contribution in [3.63, 3.8) is 0 Å². The molecule has 32 heavy (non-hydrogen) atoms. The van der Waals surface area contributed by atoms with Crippen LogP contribution in [0.3, 0.4) is 0 Å². The number of benzene rings is 2. The van der Waals surface area contributed by atoms with Gasteiger partial charge in [0.25, 0.3) is 0 Å². The molecule has 1 fully saturated rings. The van der Waals surface area contributed by atoms with Crippen molar-refractivity contribution in [3.05, 3.63) is 75.5 Å². The first kappa shape index (κ1) is 21.1. The number of aromatic nitrogens is 3. The summed E-state index contributed by atoms with van der Waals surface area (Å²) >= 11 is 13.7. The molecule has 0 aliphatic heterocycles. The fourth-order valence-corrected chi connectivity index (χ4v) is 4.55. The average molecular weight is 485 g/mol. The van der Waals surface area contributed by atoms with Gasteiger partial charge in [-0.05, 0) is 37.1 Å². The van der Waals surface area contributed by atoms with Gasteiger partial charge in [0.05, 0.1) is 29.2 Å². The number of halogens is 2. The molecule has 1 aliphatic rings. The zero-order chi connectivity index (χ0) is 22.1. The van der Waals surface area contributed by atoms with Crippen LogP contribution in [0.1, 0.15) is 24.4 Å². The van der Waals surface area contributed by atoms with Gasteiger partial charge >= 0.3 is 0 Å². The monoisotopic (exact) mass is 484 g/mol. The third kappa shape index (κ3) is 4.70. The highest BCUT2D eigenvalue weighted by Gasteiger charge is 2.34. The Hall–Kier alpha value is -2.74. The molecule has 2 aromatic heterocycles. The van der Waals surface area contributed by atoms with E-state index in [9.17, 15) is 4.79 Å². The highest BCUT2D eigenvalue weighted by atomic mass is 35.5. The number of hydrogen-bond donors (Lipinski definition) is 0. The maximum atomic E-state index is 13.1. The predicted molar refractivity (Wildman–Crippen MR) is 125 cm³/mol. The molecule has 4 aromatic rings. The molecule has 1 amide bonds. The van der Waals surface area contributed by atoms with Crippen molar-refractivity contribution >= 4 is 40.4 Å². The quantitative estimate of drug-likeness (QED) is 0.326. The number of thiazole rings is 1. The van der Waals surface area contributed by atoms with Crippen molar-refractivity contribution in [1.82, 2.24) is 20.1 Å². The van der Waals surface area contributed by atoms with Gasteiger partial charge < -0.3 is 9.32 Å². The van der Waals surface area contributed by atoms with Crippen molar-refractivity contribution in [2.24, 2.45) is 0 Å². The molecule has 5 rings (SSSR count). The van der Waals surface area contributed by atoms with Crippen molar-refractivity contribution in [3.8, 4) is 22.0 Å². The van der Waals surface area contributed by atoms with E-state index in [-0.39, 0.29) is 24.9 Å². The Labute approximate surface area is 198 Å². The Balaban J connectivity index is 1.28. The van der Waals surface area contributed by atoms with E-state index in [4.69, 9.17) is 27.6 Å². The van der Waals surface area contributed by atoms with E-state index in [0.717, 1.165) is 29.1 Å². The largest absolute Gasteiger partial charge is 0.419 e. The molecule has 0 spiro atoms. The second-order valence-electron chi connectivity index (χ2n) is 7.56. The Morgan fingerprint density at radius 3 is 2.62 bits per heavy atom. The fraction of sp³-hybridized carbons (Fsp3) is 0.217. The third-order valence-corrected chi connectivity index (χ3v) is 6.68. The Bertz CT molecular complexity index is 1250. The zero-order valence-electron chi connectivity index (χ0n) is 16.9. The van der Waals surface area contributed by atoms with Crippen LogP contribution in [-0.4, -0.2) is 32.0 Å². The van der Waals surface area contributed by atoms with Gasteiger partial charge in [-0.25, -0.2) is 4.98 Å². The summed E-state index contributed by atoms with van der Waals surface area (Å²) in [6, 6.07) is 15.0. The van der Waals surface area contributed by atoms with Crippen LogP contribution in [0.25, 0.3) is 22.0 Å². The van der Waals surface area contributed by atoms with Gasteiger partial charge in [0.2, 0.25) is 17.7 Å². The number of amides is 1. The number of rotatable bonds is 7. The van der Waals surface area contributed by atoms with Crippen molar-refractivity contribution in [1.29, 1.82) is 0 Å². The summed E-state index contributed by atoms with van der Waals surface area (Å²) in [5.74, 6) is 0.735. The van der Waals surface area contributed by atoms with Crippen LogP contribution in [0.2, 0.25) is 10.0 Å². The van der Waals surface area contributed by atoms with E-state index in [1.807, 2.05) is 52.7 Å². The number of hydrogen-bond acceptors (Lipinski definition) is 6. The smallest absolute Gasteiger partial charge is 0.249 e. The molecule has 1 aliphatic carbocycles. The van der Waals surface area contributed by atoms with Crippen molar-refractivity contribution in [2.45, 2.75) is 31.8 Å². The molecule has 0 unspecified atom stereocenters. The lowest BCUT2D eigenvalue weighted by Crippen LogP contribution is -2.34. The number of carbonyl (C=O) groups is 1. The molecule has 0 saturated heterocycles. The molecule has 6 nitrogen and oxygen atoms in total. The highest BCUT2D eigenvalue weighted by molar-refractivity contribution is 7.13. The van der Waals surface area contributed by atoms with Crippen LogP contribution in [-0.2, 0) is 17.8 Å². The first-order valence-electron chi connectivity index (χ1n) is 10.1. The summed E-state index contributed by atoms with van der Waals surface area (Å²) in [6.45, 7) is 0.273. The first-order valence-corrected chi connectivity index (χ1v) is 11.8. The minimum atomic E-state index is -0.00190. The molecule has 2 heterocycles. The lowest BCUT2D eigenvalue weighted by molar-refractivity contribution is -0.132. The average Bonchev–Trinajstić information content (AvgIpc) is 3.34. The molecule has 0 bridgehead atoms. The highest BCUT2D eigenvalue weighted by Crippen LogP contribution is 2.31. The number of nitrogens with zero attached hydrogens (tertiary/aromatic N) is 4. The number of carbonyl (C=O) groups excluding carboxylic acids is 1. The Morgan fingerprint density at radius 1 is 1.09 bits per heavy atom. The van der Waals surface area contributed by atoms with Gasteiger partial charge in [-0.3, -0.25) is 4.79 Å². The molecule has 162 valence electrons. The second kappa shape index (κ2) is 9.02. The summed E-state index contributed by atoms with van der Waals surface area (Å²) < 4.78 is 5.81. The maximum Gasteiger partial charge on any atom is 0.249 e. The fourth-order valence-electron chi connectivity index (χ4n) is 3.38. The van der Waals surface area contributed by atoms with Crippen LogP contribution in [0.15, 0.2) is 58.3 Å². The van der Waals surface area contributed by atoms with Gasteiger partial charge in [0.1, 0.15) is 5.01 Å². The predicted octanol–water partition coefficient (Wildman–Crippen LogP) is 5.90. The van der Waals surface area contributed by atoms with E-state index in [1.165, 1.54) is 11.3 Å². The molecule has 9 heteroatoms.